The summed E-state index contributed by atoms with van der Waals surface area (Å²) in [4.78, 5) is 0. The highest BCUT2D eigenvalue weighted by Crippen LogP contribution is 2.13. The Kier molecular flexibility index (Phi) is 7.62. The van der Waals surface area contributed by atoms with Gasteiger partial charge in [-0.25, -0.2) is 4.39 Å². The number of hydrogen-bond acceptors (Lipinski definition) is 5. The maximum absolute atomic E-state index is 12.8. The van der Waals surface area contributed by atoms with Gasteiger partial charge < -0.3 is 20.5 Å². The van der Waals surface area contributed by atoms with E-state index >= 15 is 0 Å². The van der Waals surface area contributed by atoms with Gasteiger partial charge in [0.25, 0.3) is 0 Å². The van der Waals surface area contributed by atoms with Crippen molar-refractivity contribution in [3.8, 4) is 0 Å². The van der Waals surface area contributed by atoms with Crippen LogP contribution in [0.1, 0.15) is 12.0 Å². The molecule has 0 spiro atoms. The maximum atomic E-state index is 12.8. The Hall–Kier alpha value is -0.660. The molecular formula is C16H25FN2O2S. The minimum atomic E-state index is -0.808. The molecule has 124 valence electrons. The number of hydrogen-bond donors (Lipinski definition) is 3. The van der Waals surface area contributed by atoms with Crippen LogP contribution in [0.5, 0.6) is 0 Å². The quantitative estimate of drug-likeness (QED) is 0.630. The second kappa shape index (κ2) is 9.47. The molecule has 3 N–H and O–H groups in total. The van der Waals surface area contributed by atoms with Gasteiger partial charge >= 0.3 is 0 Å². The molecule has 4 nitrogen and oxygen atoms in total. The van der Waals surface area contributed by atoms with Crippen molar-refractivity contribution in [3.05, 3.63) is 35.6 Å². The van der Waals surface area contributed by atoms with E-state index in [1.165, 1.54) is 12.1 Å². The van der Waals surface area contributed by atoms with Crippen molar-refractivity contribution in [3.63, 3.8) is 0 Å². The summed E-state index contributed by atoms with van der Waals surface area (Å²) in [6, 6.07) is 6.66. The van der Waals surface area contributed by atoms with Crippen LogP contribution in [0.3, 0.4) is 0 Å². The van der Waals surface area contributed by atoms with E-state index in [0.29, 0.717) is 26.3 Å². The fourth-order valence-electron chi connectivity index (χ4n) is 2.28. The summed E-state index contributed by atoms with van der Waals surface area (Å²) in [5, 5.41) is 16.8. The lowest BCUT2D eigenvalue weighted by Gasteiger charge is -2.26. The normalized spacial score (nSPS) is 22.5. The van der Waals surface area contributed by atoms with Crippen molar-refractivity contribution in [2.75, 3.05) is 45.1 Å². The van der Waals surface area contributed by atoms with Gasteiger partial charge in [0.15, 0.2) is 0 Å². The van der Waals surface area contributed by atoms with Crippen molar-refractivity contribution in [2.24, 2.45) is 0 Å². The van der Waals surface area contributed by atoms with Crippen LogP contribution in [0.25, 0.3) is 0 Å². The average Bonchev–Trinajstić information content (AvgIpc) is 2.73. The first-order valence-electron chi connectivity index (χ1n) is 7.72. The Morgan fingerprint density at radius 2 is 2.18 bits per heavy atom. The fourth-order valence-corrected chi connectivity index (χ4v) is 3.20. The van der Waals surface area contributed by atoms with Gasteiger partial charge in [0.05, 0.1) is 13.2 Å². The van der Waals surface area contributed by atoms with Crippen LogP contribution in [0.4, 0.5) is 4.39 Å². The van der Waals surface area contributed by atoms with Crippen LogP contribution < -0.4 is 10.6 Å². The summed E-state index contributed by atoms with van der Waals surface area (Å²) >= 11 is 1.84. The zero-order chi connectivity index (χ0) is 15.7. The van der Waals surface area contributed by atoms with Crippen LogP contribution in [0.15, 0.2) is 24.3 Å². The molecule has 1 heterocycles. The highest BCUT2D eigenvalue weighted by Gasteiger charge is 2.28. The van der Waals surface area contributed by atoms with Gasteiger partial charge in [0.1, 0.15) is 11.4 Å². The largest absolute Gasteiger partial charge is 0.385 e. The Morgan fingerprint density at radius 3 is 3.00 bits per heavy atom. The molecule has 1 atom stereocenters. The summed E-state index contributed by atoms with van der Waals surface area (Å²) in [6.07, 6.45) is 1.04. The lowest BCUT2D eigenvalue weighted by atomic mass is 10.1. The molecule has 0 radical (unpaired) electrons. The Balaban J connectivity index is 1.51. The highest BCUT2D eigenvalue weighted by molar-refractivity contribution is 7.98. The van der Waals surface area contributed by atoms with E-state index in [9.17, 15) is 9.50 Å². The van der Waals surface area contributed by atoms with E-state index in [1.807, 2.05) is 23.9 Å². The molecule has 0 amide bonds. The molecule has 2 rings (SSSR count). The van der Waals surface area contributed by atoms with Gasteiger partial charge in [-0.2, -0.15) is 11.8 Å². The van der Waals surface area contributed by atoms with Gasteiger partial charge in [0, 0.05) is 25.4 Å². The molecule has 6 heteroatoms. The van der Waals surface area contributed by atoms with E-state index in [-0.39, 0.29) is 5.82 Å². The number of β-amino-alcohol motifs (C(OH)–C–C–N with tert-alkyl or cyclic N) is 1. The Morgan fingerprint density at radius 1 is 1.36 bits per heavy atom. The van der Waals surface area contributed by atoms with Crippen molar-refractivity contribution in [1.82, 2.24) is 10.6 Å². The number of nitrogens with one attached hydrogen (secondary N) is 2. The van der Waals surface area contributed by atoms with Gasteiger partial charge in [-0.1, -0.05) is 12.1 Å². The highest BCUT2D eigenvalue weighted by atomic mass is 32.2. The van der Waals surface area contributed by atoms with Crippen LogP contribution in [-0.4, -0.2) is 55.9 Å². The zero-order valence-corrected chi connectivity index (χ0v) is 13.6. The number of benzene rings is 1. The minimum absolute atomic E-state index is 0.187. The molecule has 22 heavy (non-hydrogen) atoms. The van der Waals surface area contributed by atoms with Crippen LogP contribution >= 0.6 is 11.8 Å². The second-order valence-corrected chi connectivity index (χ2v) is 6.77. The number of rotatable bonds is 8. The van der Waals surface area contributed by atoms with Gasteiger partial charge in [0.2, 0.25) is 0 Å². The molecule has 0 saturated carbocycles. The summed E-state index contributed by atoms with van der Waals surface area (Å²) < 4.78 is 18.2. The third-order valence-electron chi connectivity index (χ3n) is 3.53. The molecule has 1 aromatic carbocycles. The maximum Gasteiger partial charge on any atom is 0.123 e. The summed E-state index contributed by atoms with van der Waals surface area (Å²) in [6.45, 7) is 3.82. The summed E-state index contributed by atoms with van der Waals surface area (Å²) in [5.41, 5.74) is 0.341. The standard InChI is InChI=1S/C16H25FN2O2S/c17-15-4-2-14(3-5-15)10-22-9-1-6-18-11-16(20)12-19-7-8-21-13-16/h2-5,18-20H,1,6-13H2/t16-/m1/s1. The van der Waals surface area contributed by atoms with Crippen molar-refractivity contribution in [2.45, 2.75) is 17.8 Å². The number of ether oxygens (including phenoxy) is 1. The molecule has 1 saturated heterocycles. The SMILES string of the molecule is O[C@]1(CNCCCSCc2ccc(F)cc2)CNCCOC1. The first-order chi connectivity index (χ1) is 10.7. The van der Waals surface area contributed by atoms with Gasteiger partial charge in [-0.05, 0) is 36.4 Å². The van der Waals surface area contributed by atoms with E-state index in [1.54, 1.807) is 0 Å². The topological polar surface area (TPSA) is 53.5 Å². The average molecular weight is 328 g/mol. The van der Waals surface area contributed by atoms with Crippen LogP contribution in [0.2, 0.25) is 0 Å². The first-order valence-corrected chi connectivity index (χ1v) is 8.87. The summed E-state index contributed by atoms with van der Waals surface area (Å²) in [5.74, 6) is 1.76. The van der Waals surface area contributed by atoms with Crippen LogP contribution in [-0.2, 0) is 10.5 Å². The molecule has 1 aliphatic heterocycles. The molecule has 1 aromatic rings. The van der Waals surface area contributed by atoms with E-state index < -0.39 is 5.60 Å². The van der Waals surface area contributed by atoms with Gasteiger partial charge in [-0.3, -0.25) is 0 Å². The van der Waals surface area contributed by atoms with Gasteiger partial charge in [-0.15, -0.1) is 0 Å². The molecule has 1 aliphatic rings. The number of halogens is 1. The molecule has 1 fully saturated rings. The van der Waals surface area contributed by atoms with Crippen molar-refractivity contribution in [1.29, 1.82) is 0 Å². The van der Waals surface area contributed by atoms with E-state index in [4.69, 9.17) is 4.74 Å². The van der Waals surface area contributed by atoms with Crippen molar-refractivity contribution < 1.29 is 14.2 Å². The third-order valence-corrected chi connectivity index (χ3v) is 4.64. The first kappa shape index (κ1) is 17.7. The third kappa shape index (κ3) is 6.62. The lowest BCUT2D eigenvalue weighted by molar-refractivity contribution is -0.0261. The van der Waals surface area contributed by atoms with E-state index in [2.05, 4.69) is 10.6 Å². The lowest BCUT2D eigenvalue weighted by Crippen LogP contribution is -2.50. The fraction of sp³-hybridized carbons (Fsp3) is 0.625. The molecule has 0 aliphatic carbocycles. The van der Waals surface area contributed by atoms with E-state index in [0.717, 1.165) is 36.6 Å². The monoisotopic (exact) mass is 328 g/mol. The molecule has 0 unspecified atom stereocenters. The minimum Gasteiger partial charge on any atom is -0.385 e. The van der Waals surface area contributed by atoms with Crippen molar-refractivity contribution >= 4 is 11.8 Å². The Labute approximate surface area is 135 Å². The second-order valence-electron chi connectivity index (χ2n) is 5.66. The molecule has 0 aromatic heterocycles. The zero-order valence-electron chi connectivity index (χ0n) is 12.8. The predicted molar refractivity (Wildman–Crippen MR) is 88.7 cm³/mol. The Bertz CT molecular complexity index is 423. The smallest absolute Gasteiger partial charge is 0.123 e. The number of thioether (sulfide) groups is 1. The molecule has 0 bridgehead atoms. The molecular weight excluding hydrogens is 303 g/mol. The predicted octanol–water partition coefficient (Wildman–Crippen LogP) is 1.39. The summed E-state index contributed by atoms with van der Waals surface area (Å²) in [7, 11) is 0. The number of aliphatic hydroxyl groups is 1. The van der Waals surface area contributed by atoms with Crippen LogP contribution in [0, 0.1) is 5.82 Å².